The van der Waals surface area contributed by atoms with E-state index in [0.29, 0.717) is 0 Å². The van der Waals surface area contributed by atoms with Crippen molar-refractivity contribution >= 4 is 79.9 Å². The molecule has 0 aliphatic heterocycles. The summed E-state index contributed by atoms with van der Waals surface area (Å²) in [5.74, 6) is 0. The topological polar surface area (TPSA) is 0 Å². The Morgan fingerprint density at radius 2 is 0.597 bits per heavy atom. The maximum Gasteiger partial charge on any atom is -0.00992 e. The molecule has 0 atom stereocenters. The van der Waals surface area contributed by atoms with Crippen LogP contribution in [-0.4, -0.2) is 0 Å². The molecule has 0 saturated carbocycles. The van der Waals surface area contributed by atoms with Crippen LogP contribution in [0.3, 0.4) is 0 Å². The molecule has 0 heteroatoms. The third kappa shape index (κ3) is 8.36. The van der Waals surface area contributed by atoms with Gasteiger partial charge in [-0.05, 0) is 123 Å². The van der Waals surface area contributed by atoms with E-state index in [0.717, 1.165) is 22.3 Å². The molecule has 0 aromatic heterocycles. The van der Waals surface area contributed by atoms with E-state index in [1.54, 1.807) is 0 Å². The molecule has 0 radical (unpaired) electrons. The van der Waals surface area contributed by atoms with Crippen LogP contribution in [0, 0.1) is 0 Å². The maximum atomic E-state index is 2.31. The van der Waals surface area contributed by atoms with Crippen molar-refractivity contribution in [3.8, 4) is 0 Å². The maximum absolute atomic E-state index is 2.31. The van der Waals surface area contributed by atoms with Gasteiger partial charge in [-0.15, -0.1) is 0 Å². The summed E-state index contributed by atoms with van der Waals surface area (Å²) in [5.41, 5.74) is 14.3. The molecule has 0 bridgehead atoms. The summed E-state index contributed by atoms with van der Waals surface area (Å²) >= 11 is 0. The van der Waals surface area contributed by atoms with E-state index < -0.39 is 0 Å². The van der Waals surface area contributed by atoms with Crippen LogP contribution < -0.4 is 0 Å². The first-order valence-electron chi connectivity index (χ1n) is 21.3. The van der Waals surface area contributed by atoms with Crippen LogP contribution in [0.5, 0.6) is 0 Å². The van der Waals surface area contributed by atoms with Crippen LogP contribution >= 0.6 is 0 Å². The molecular formula is C62H44. The van der Waals surface area contributed by atoms with Crippen molar-refractivity contribution < 1.29 is 0 Å². The van der Waals surface area contributed by atoms with Gasteiger partial charge in [0.25, 0.3) is 0 Å². The van der Waals surface area contributed by atoms with Crippen molar-refractivity contribution in [3.63, 3.8) is 0 Å². The Balaban J connectivity index is 0.934. The van der Waals surface area contributed by atoms with Crippen molar-refractivity contribution in [2.45, 2.75) is 0 Å². The van der Waals surface area contributed by atoms with Gasteiger partial charge in [0.15, 0.2) is 0 Å². The van der Waals surface area contributed by atoms with Gasteiger partial charge < -0.3 is 0 Å². The summed E-state index contributed by atoms with van der Waals surface area (Å²) in [4.78, 5) is 0. The van der Waals surface area contributed by atoms with Crippen LogP contribution in [0.25, 0.3) is 79.9 Å². The Morgan fingerprint density at radius 1 is 0.258 bits per heavy atom. The van der Waals surface area contributed by atoms with Gasteiger partial charge in [-0.2, -0.15) is 0 Å². The normalized spacial score (nSPS) is 12.3. The van der Waals surface area contributed by atoms with Gasteiger partial charge >= 0.3 is 0 Å². The Bertz CT molecular complexity index is 3050. The van der Waals surface area contributed by atoms with E-state index in [4.69, 9.17) is 0 Å². The first-order chi connectivity index (χ1) is 30.7. The van der Waals surface area contributed by atoms with Crippen LogP contribution in [0.15, 0.2) is 231 Å². The number of rotatable bonds is 10. The molecule has 0 spiro atoms. The minimum Gasteiger partial charge on any atom is -0.0622 e. The fraction of sp³-hybridized carbons (Fsp3) is 0. The van der Waals surface area contributed by atoms with Crippen molar-refractivity contribution in [3.05, 3.63) is 286 Å². The van der Waals surface area contributed by atoms with Gasteiger partial charge in [0, 0.05) is 0 Å². The van der Waals surface area contributed by atoms with Crippen molar-refractivity contribution in [2.24, 2.45) is 0 Å². The molecule has 0 heterocycles. The Labute approximate surface area is 364 Å². The van der Waals surface area contributed by atoms with E-state index in [9.17, 15) is 0 Å². The third-order valence-electron chi connectivity index (χ3n) is 11.7. The second kappa shape index (κ2) is 17.7. The van der Waals surface area contributed by atoms with E-state index >= 15 is 0 Å². The van der Waals surface area contributed by atoms with Crippen molar-refractivity contribution in [2.75, 3.05) is 0 Å². The fourth-order valence-corrected chi connectivity index (χ4v) is 8.47. The number of hydrogen-bond donors (Lipinski definition) is 0. The highest BCUT2D eigenvalue weighted by molar-refractivity contribution is 6.04. The van der Waals surface area contributed by atoms with Crippen LogP contribution in [-0.2, 0) is 0 Å². The fourth-order valence-electron chi connectivity index (χ4n) is 8.47. The lowest BCUT2D eigenvalue weighted by Gasteiger charge is -2.12. The molecule has 10 rings (SSSR count). The van der Waals surface area contributed by atoms with Gasteiger partial charge in [-0.1, -0.05) is 243 Å². The molecular weight excluding hydrogens is 745 g/mol. The first-order valence-corrected chi connectivity index (χ1v) is 21.3. The average molecular weight is 789 g/mol. The highest BCUT2D eigenvalue weighted by atomic mass is 14.2. The Hall–Kier alpha value is -8.06. The second-order valence-corrected chi connectivity index (χ2v) is 15.7. The smallest absolute Gasteiger partial charge is 0.00992 e. The number of benzene rings is 10. The summed E-state index contributed by atoms with van der Waals surface area (Å²) in [5, 5.41) is 7.44. The second-order valence-electron chi connectivity index (χ2n) is 15.7. The van der Waals surface area contributed by atoms with Crippen molar-refractivity contribution in [1.29, 1.82) is 0 Å². The summed E-state index contributed by atoms with van der Waals surface area (Å²) in [6.07, 6.45) is 13.6. The first kappa shape index (κ1) is 38.2. The van der Waals surface area contributed by atoms with Gasteiger partial charge in [0.05, 0.1) is 0 Å². The zero-order valence-electron chi connectivity index (χ0n) is 34.4. The molecule has 0 aliphatic rings. The highest BCUT2D eigenvalue weighted by Crippen LogP contribution is 2.34. The summed E-state index contributed by atoms with van der Waals surface area (Å²) in [6, 6.07) is 82.7. The SMILES string of the molecule is C(=C\c1cc2ccccc2cc1/C=C/c1ccc(/C=C(\c2ccccc2)c2cccc3ccccc23)cc1)/c1ccc(/C=C(\c2ccccc2)c2cccc3ccccc23)cc1. The lowest BCUT2D eigenvalue weighted by Crippen LogP contribution is -1.90. The van der Waals surface area contributed by atoms with Crippen LogP contribution in [0.2, 0.25) is 0 Å². The molecule has 0 aliphatic carbocycles. The zero-order valence-corrected chi connectivity index (χ0v) is 34.4. The minimum absolute atomic E-state index is 1.15. The van der Waals surface area contributed by atoms with Gasteiger partial charge in [0.1, 0.15) is 0 Å². The average Bonchev–Trinajstić information content (AvgIpc) is 3.34. The third-order valence-corrected chi connectivity index (χ3v) is 11.7. The van der Waals surface area contributed by atoms with E-state index in [-0.39, 0.29) is 0 Å². The number of fused-ring (bicyclic) bond motifs is 3. The predicted octanol–water partition coefficient (Wildman–Crippen LogP) is 16.7. The molecule has 10 aromatic carbocycles. The molecule has 0 N–H and O–H groups in total. The van der Waals surface area contributed by atoms with Crippen LogP contribution in [0.1, 0.15) is 55.6 Å². The van der Waals surface area contributed by atoms with Crippen molar-refractivity contribution in [1.82, 2.24) is 0 Å². The molecule has 0 fully saturated rings. The monoisotopic (exact) mass is 788 g/mol. The lowest BCUT2D eigenvalue weighted by atomic mass is 9.91. The Morgan fingerprint density at radius 3 is 1.02 bits per heavy atom. The van der Waals surface area contributed by atoms with E-state index in [1.165, 1.54) is 76.8 Å². The van der Waals surface area contributed by atoms with Gasteiger partial charge in [0.2, 0.25) is 0 Å². The lowest BCUT2D eigenvalue weighted by molar-refractivity contribution is 1.57. The molecule has 62 heavy (non-hydrogen) atoms. The van der Waals surface area contributed by atoms with Gasteiger partial charge in [-0.3, -0.25) is 0 Å². The number of hydrogen-bond acceptors (Lipinski definition) is 0. The van der Waals surface area contributed by atoms with E-state index in [1.807, 2.05) is 0 Å². The van der Waals surface area contributed by atoms with Crippen LogP contribution in [0.4, 0.5) is 0 Å². The molecule has 0 nitrogen and oxygen atoms in total. The highest BCUT2D eigenvalue weighted by Gasteiger charge is 2.11. The van der Waals surface area contributed by atoms with Gasteiger partial charge in [-0.25, -0.2) is 0 Å². The minimum atomic E-state index is 1.15. The molecule has 10 aromatic rings. The zero-order chi connectivity index (χ0) is 41.5. The summed E-state index contributed by atoms with van der Waals surface area (Å²) in [7, 11) is 0. The Kier molecular flexibility index (Phi) is 10.9. The predicted molar refractivity (Wildman–Crippen MR) is 269 cm³/mol. The summed E-state index contributed by atoms with van der Waals surface area (Å²) < 4.78 is 0. The molecule has 0 amide bonds. The largest absolute Gasteiger partial charge is 0.0622 e. The quantitative estimate of drug-likeness (QED) is 0.121. The standard InChI is InChI=1S/C62H44/c1-3-15-51(16-4-1)61(59-27-13-23-49-19-9-11-25-57(49)59)41-47-33-29-45(30-34-47)37-39-55-43-53-21-7-8-22-54(53)44-56(55)40-38-46-31-35-48(36-32-46)42-62(52-17-5-2-6-18-52)60-28-14-24-50-20-10-12-26-58(50)60/h1-44H/b39-37+,40-38+,61-41+,62-42+. The van der Waals surface area contributed by atoms with E-state index in [2.05, 4.69) is 267 Å². The summed E-state index contributed by atoms with van der Waals surface area (Å²) in [6.45, 7) is 0. The molecule has 0 saturated heterocycles. The molecule has 0 unspecified atom stereocenters. The molecule has 292 valence electrons.